The smallest absolute Gasteiger partial charge is 0.0211 e. The summed E-state index contributed by atoms with van der Waals surface area (Å²) < 4.78 is 2.60. The van der Waals surface area contributed by atoms with Crippen LogP contribution >= 0.6 is 45.2 Å². The van der Waals surface area contributed by atoms with Crippen molar-refractivity contribution in [1.29, 1.82) is 0 Å². The number of benzene rings is 10. The fraction of sp³-hybridized carbons (Fsp3) is 0.205. The Morgan fingerprint density at radius 2 is 0.541 bits per heavy atom. The highest BCUT2D eigenvalue weighted by Crippen LogP contribution is 2.43. The summed E-state index contributed by atoms with van der Waals surface area (Å²) >= 11 is 4.73. The van der Waals surface area contributed by atoms with Gasteiger partial charge in [-0.2, -0.15) is 0 Å². The van der Waals surface area contributed by atoms with Gasteiger partial charge in [-0.15, -0.1) is 0 Å². The van der Waals surface area contributed by atoms with E-state index in [1.165, 1.54) is 197 Å². The minimum absolute atomic E-state index is 1.11. The Kier molecular flexibility index (Phi) is 21.3. The van der Waals surface area contributed by atoms with Crippen molar-refractivity contribution in [1.82, 2.24) is 0 Å². The zero-order valence-corrected chi connectivity index (χ0v) is 55.4. The quantitative estimate of drug-likeness (QED) is 0.126. The van der Waals surface area contributed by atoms with Gasteiger partial charge in [-0.1, -0.05) is 250 Å². The molecule has 0 atom stereocenters. The molecule has 0 aromatic heterocycles. The van der Waals surface area contributed by atoms with Crippen LogP contribution in [-0.4, -0.2) is 0 Å². The van der Waals surface area contributed by atoms with Gasteiger partial charge in [0.1, 0.15) is 0 Å². The monoisotopic (exact) mass is 1330 g/mol. The van der Waals surface area contributed by atoms with E-state index in [-0.39, 0.29) is 0 Å². The molecular weight excluding hydrogens is 1250 g/mol. The molecule has 0 spiro atoms. The second kappa shape index (κ2) is 29.4. The molecule has 0 bridgehead atoms. The highest BCUT2D eigenvalue weighted by molar-refractivity contribution is 14.1. The minimum Gasteiger partial charge on any atom is -0.0651 e. The fourth-order valence-corrected chi connectivity index (χ4v) is 12.9. The van der Waals surface area contributed by atoms with Gasteiger partial charge in [0.15, 0.2) is 0 Å². The molecule has 426 valence electrons. The fourth-order valence-electron chi connectivity index (χ4n) is 12.0. The lowest BCUT2D eigenvalue weighted by atomic mass is 9.98. The predicted molar refractivity (Wildman–Crippen MR) is 383 cm³/mol. The van der Waals surface area contributed by atoms with Crippen molar-refractivity contribution in [2.24, 2.45) is 0 Å². The molecule has 15 rings (SSSR count). The van der Waals surface area contributed by atoms with Gasteiger partial charge in [0, 0.05) is 39.2 Å². The van der Waals surface area contributed by atoms with Crippen LogP contribution in [-0.2, 0) is 32.1 Å². The lowest BCUT2D eigenvalue weighted by molar-refractivity contribution is 0.920. The molecule has 85 heavy (non-hydrogen) atoms. The first kappa shape index (κ1) is 61.7. The number of unbranched alkanes of at least 4 members (excludes halogenated alkanes) is 1. The van der Waals surface area contributed by atoms with Crippen LogP contribution in [0.5, 0.6) is 0 Å². The van der Waals surface area contributed by atoms with Crippen molar-refractivity contribution in [2.75, 3.05) is 0 Å². The Morgan fingerprint density at radius 3 is 0.871 bits per heavy atom. The molecule has 0 amide bonds. The average Bonchev–Trinajstić information content (AvgIpc) is 4.34. The Morgan fingerprint density at radius 1 is 0.282 bits per heavy atom. The maximum atomic E-state index is 2.39. The van der Waals surface area contributed by atoms with Crippen LogP contribution in [0.4, 0.5) is 0 Å². The number of fused-ring (bicyclic) bond motifs is 15. The molecule has 0 unspecified atom stereocenters. The van der Waals surface area contributed by atoms with E-state index in [0.717, 1.165) is 12.8 Å². The first-order valence-corrected chi connectivity index (χ1v) is 33.2. The molecule has 5 aliphatic carbocycles. The summed E-state index contributed by atoms with van der Waals surface area (Å²) in [6, 6.07) is 71.4. The van der Waals surface area contributed by atoms with Gasteiger partial charge in [-0.25, -0.2) is 0 Å². The Bertz CT molecular complexity index is 3790. The summed E-state index contributed by atoms with van der Waals surface area (Å²) in [7, 11) is 0. The first-order chi connectivity index (χ1) is 41.5. The Hall–Kier alpha value is -6.34. The zero-order chi connectivity index (χ0) is 59.4. The summed E-state index contributed by atoms with van der Waals surface area (Å²) in [6.07, 6.45) is 24.1. The zero-order valence-electron chi connectivity index (χ0n) is 51.1. The molecule has 0 saturated carbocycles. The molecule has 10 aromatic rings. The summed E-state index contributed by atoms with van der Waals surface area (Å²) in [5, 5.41) is 0. The van der Waals surface area contributed by atoms with Crippen LogP contribution in [0.25, 0.3) is 55.6 Å². The van der Waals surface area contributed by atoms with E-state index in [1.54, 1.807) is 0 Å². The number of hydrogen-bond acceptors (Lipinski definition) is 0. The van der Waals surface area contributed by atoms with Crippen molar-refractivity contribution in [2.45, 2.75) is 113 Å². The van der Waals surface area contributed by atoms with Gasteiger partial charge in [0.05, 0.1) is 0 Å². The third-order valence-electron chi connectivity index (χ3n) is 16.6. The molecule has 6 radical (unpaired) electrons. The maximum absolute atomic E-state index is 2.39. The molecule has 0 aliphatic heterocycles. The van der Waals surface area contributed by atoms with Gasteiger partial charge in [-0.05, 0) is 254 Å². The van der Waals surface area contributed by atoms with Crippen molar-refractivity contribution in [3.63, 3.8) is 0 Å². The second-order valence-corrected chi connectivity index (χ2v) is 25.3. The van der Waals surface area contributed by atoms with Crippen LogP contribution in [0, 0.1) is 52.6 Å². The van der Waals surface area contributed by atoms with Crippen molar-refractivity contribution in [3.8, 4) is 55.6 Å². The van der Waals surface area contributed by atoms with E-state index in [0.29, 0.717) is 0 Å². The molecule has 0 heterocycles. The number of halogens is 2. The van der Waals surface area contributed by atoms with Crippen molar-refractivity contribution in [3.05, 3.63) is 329 Å². The maximum Gasteiger partial charge on any atom is 0.0211 e. The van der Waals surface area contributed by atoms with Gasteiger partial charge in [0.25, 0.3) is 0 Å². The number of aryl methyl sites for hydroxylation is 6. The minimum atomic E-state index is 1.11. The number of hydrogen-bond donors (Lipinski definition) is 0. The molecule has 0 fully saturated rings. The van der Waals surface area contributed by atoms with Gasteiger partial charge in [-0.3, -0.25) is 0 Å². The average molecular weight is 1330 g/mol. The molecule has 0 nitrogen and oxygen atoms in total. The van der Waals surface area contributed by atoms with Crippen LogP contribution in [0.1, 0.15) is 163 Å². The lowest BCUT2D eigenvalue weighted by Gasteiger charge is -2.06. The van der Waals surface area contributed by atoms with E-state index in [9.17, 15) is 0 Å². The Labute approximate surface area is 538 Å². The summed E-state index contributed by atoms with van der Waals surface area (Å²) in [6.45, 7) is 17.5. The predicted octanol–water partition coefficient (Wildman–Crippen LogP) is 23.5. The molecule has 5 aliphatic rings. The van der Waals surface area contributed by atoms with Crippen LogP contribution in [0.15, 0.2) is 194 Å². The van der Waals surface area contributed by atoms with Crippen LogP contribution in [0.2, 0.25) is 0 Å². The third kappa shape index (κ3) is 14.7. The first-order valence-electron chi connectivity index (χ1n) is 31.1. The summed E-state index contributed by atoms with van der Waals surface area (Å²) in [4.78, 5) is 0. The van der Waals surface area contributed by atoms with Crippen LogP contribution < -0.4 is 0 Å². The largest absolute Gasteiger partial charge is 0.0651 e. The number of rotatable bonds is 9. The highest BCUT2D eigenvalue weighted by Gasteiger charge is 2.23. The van der Waals surface area contributed by atoms with E-state index < -0.39 is 0 Å². The van der Waals surface area contributed by atoms with E-state index in [4.69, 9.17) is 0 Å². The SMILES string of the molecule is CCCc1ccc2c(c1)-c1cc(CCC)ccc1[CH]2.CCCc1ccc2c(c1)-c1ccccc1[CH]2.CCc1ccc2c(c1)-c1cc(CC)ccc1[CH]2.C[CH]CC.Cc1ccc2c(c1)-c1ccccc1[CH]2.Ic1ccc2c(c1)-c1cc(I)ccc1[CH]2. The van der Waals surface area contributed by atoms with Crippen molar-refractivity contribution >= 4 is 45.2 Å². The molecule has 10 aromatic carbocycles. The molecule has 0 N–H and O–H groups in total. The van der Waals surface area contributed by atoms with E-state index >= 15 is 0 Å². The van der Waals surface area contributed by atoms with Crippen molar-refractivity contribution < 1.29 is 0 Å². The molecule has 2 heteroatoms. The third-order valence-corrected chi connectivity index (χ3v) is 17.9. The molecule has 0 saturated heterocycles. The highest BCUT2D eigenvalue weighted by atomic mass is 127. The Balaban J connectivity index is 0.000000117. The van der Waals surface area contributed by atoms with E-state index in [2.05, 4.69) is 333 Å². The molecular formula is C83H80I2. The topological polar surface area (TPSA) is 0 Å². The van der Waals surface area contributed by atoms with Gasteiger partial charge < -0.3 is 0 Å². The van der Waals surface area contributed by atoms with Gasteiger partial charge in [0.2, 0.25) is 0 Å². The standard InChI is InChI=1S/C19H21.C17H17.C16H15.C14H11.C13H7I2.C4H9/c1-3-5-14-7-9-16-13-17-10-8-15(6-4-2)12-19(17)18(16)11-14;1-3-12-5-7-14-11-15-8-6-13(4-2)10-17(15)16(14)9-12;1-2-5-12-8-9-14-11-13-6-3-4-7-15(13)16(14)10-12;1-10-6-7-12-9-11-4-2-3-5-13(11)14(12)8-10;14-10-3-1-8-5-9-2-4-11(15)7-13(9)12(8)6-10;1-3-4-2/h7-13H,3-6H2,1-2H3;5-11H,3-4H2,1-2H3;3-4,6-11H,2,5H2,1H3;2-9H,1H3;1-7H;3H,4H2,1-2H3. The van der Waals surface area contributed by atoms with Crippen LogP contribution in [0.3, 0.4) is 0 Å². The summed E-state index contributed by atoms with van der Waals surface area (Å²) in [5.74, 6) is 0. The van der Waals surface area contributed by atoms with E-state index in [1.807, 2.05) is 0 Å². The lowest BCUT2D eigenvalue weighted by Crippen LogP contribution is -1.87. The second-order valence-electron chi connectivity index (χ2n) is 22.8. The normalized spacial score (nSPS) is 12.1. The van der Waals surface area contributed by atoms with Gasteiger partial charge >= 0.3 is 0 Å². The summed E-state index contributed by atoms with van der Waals surface area (Å²) in [5.41, 5.74) is 36.1.